The molecule has 1 rings (SSSR count). The predicted molar refractivity (Wildman–Crippen MR) is 35.6 cm³/mol. The molecule has 0 aromatic carbocycles. The van der Waals surface area contributed by atoms with Crippen LogP contribution in [0.4, 0.5) is 0 Å². The fourth-order valence-electron chi connectivity index (χ4n) is 0.817. The van der Waals surface area contributed by atoms with Gasteiger partial charge in [-0.2, -0.15) is 12.7 Å². The van der Waals surface area contributed by atoms with E-state index in [0.717, 1.165) is 6.42 Å². The summed E-state index contributed by atoms with van der Waals surface area (Å²) in [6.45, 7) is 2.41. The Kier molecular flexibility index (Phi) is 1.71. The molecule has 0 bridgehead atoms. The van der Waals surface area contributed by atoms with Gasteiger partial charge in [0.2, 0.25) is 0 Å². The average Bonchev–Trinajstić information content (AvgIpc) is 1.57. The molecular weight excluding hydrogens is 162 g/mol. The summed E-state index contributed by atoms with van der Waals surface area (Å²) in [7, 11) is 1.62. The molecule has 0 amide bonds. The van der Waals surface area contributed by atoms with Crippen LogP contribution in [-0.4, -0.2) is 25.3 Å². The standard InChI is InChI=1S/C4H8ClNO2S/c1-4-2-3-6(4)9(5,7)8/h4H,2-3H2,1H3. The number of hydrogen-bond donors (Lipinski definition) is 0. The van der Waals surface area contributed by atoms with E-state index in [1.54, 1.807) is 0 Å². The van der Waals surface area contributed by atoms with Crippen LogP contribution >= 0.6 is 10.7 Å². The normalized spacial score (nSPS) is 29.8. The van der Waals surface area contributed by atoms with Gasteiger partial charge in [-0.25, -0.2) is 0 Å². The number of halogens is 1. The maximum absolute atomic E-state index is 10.5. The van der Waals surface area contributed by atoms with Gasteiger partial charge in [-0.15, -0.1) is 0 Å². The number of nitrogens with zero attached hydrogens (tertiary/aromatic N) is 1. The fourth-order valence-corrected chi connectivity index (χ4v) is 2.29. The highest BCUT2D eigenvalue weighted by atomic mass is 35.7. The van der Waals surface area contributed by atoms with E-state index >= 15 is 0 Å². The largest absolute Gasteiger partial charge is 0.300 e. The monoisotopic (exact) mass is 169 g/mol. The zero-order chi connectivity index (χ0) is 7.07. The third-order valence-corrected chi connectivity index (χ3v) is 3.17. The first-order chi connectivity index (χ1) is 4.02. The van der Waals surface area contributed by atoms with E-state index in [2.05, 4.69) is 0 Å². The average molecular weight is 170 g/mol. The lowest BCUT2D eigenvalue weighted by molar-refractivity contribution is 0.222. The van der Waals surface area contributed by atoms with Crippen LogP contribution in [-0.2, 0) is 9.24 Å². The molecule has 1 unspecified atom stereocenters. The van der Waals surface area contributed by atoms with Gasteiger partial charge in [0.1, 0.15) is 0 Å². The van der Waals surface area contributed by atoms with Crippen LogP contribution < -0.4 is 0 Å². The van der Waals surface area contributed by atoms with Crippen molar-refractivity contribution >= 4 is 19.9 Å². The van der Waals surface area contributed by atoms with Gasteiger partial charge in [0.05, 0.1) is 0 Å². The lowest BCUT2D eigenvalue weighted by Gasteiger charge is -2.34. The SMILES string of the molecule is CC1CCN1S(=O)(=O)Cl. The summed E-state index contributed by atoms with van der Waals surface area (Å²) in [5.74, 6) is 0. The molecule has 0 N–H and O–H groups in total. The van der Waals surface area contributed by atoms with Gasteiger partial charge in [0, 0.05) is 23.3 Å². The number of rotatable bonds is 1. The van der Waals surface area contributed by atoms with E-state index < -0.39 is 9.24 Å². The molecule has 0 radical (unpaired) electrons. The first kappa shape index (κ1) is 7.31. The maximum Gasteiger partial charge on any atom is 0.300 e. The van der Waals surface area contributed by atoms with Gasteiger partial charge in [-0.05, 0) is 13.3 Å². The predicted octanol–water partition coefficient (Wildman–Crippen LogP) is 0.564. The Hall–Kier alpha value is 0.200. The maximum atomic E-state index is 10.5. The minimum Gasteiger partial charge on any atom is -0.195 e. The second-order valence-electron chi connectivity index (χ2n) is 2.19. The van der Waals surface area contributed by atoms with Crippen LogP contribution in [0.3, 0.4) is 0 Å². The Bertz CT molecular complexity index is 201. The molecule has 0 aromatic heterocycles. The first-order valence-corrected chi connectivity index (χ1v) is 5.00. The molecule has 0 aliphatic carbocycles. The Labute approximate surface area is 59.2 Å². The van der Waals surface area contributed by atoms with Gasteiger partial charge in [0.15, 0.2) is 0 Å². The molecule has 3 nitrogen and oxygen atoms in total. The molecule has 1 saturated heterocycles. The Balaban J connectivity index is 2.66. The molecule has 9 heavy (non-hydrogen) atoms. The Morgan fingerprint density at radius 3 is 2.22 bits per heavy atom. The van der Waals surface area contributed by atoms with Crippen LogP contribution in [0, 0.1) is 0 Å². The van der Waals surface area contributed by atoms with E-state index in [1.807, 2.05) is 6.92 Å². The van der Waals surface area contributed by atoms with E-state index in [4.69, 9.17) is 10.7 Å². The van der Waals surface area contributed by atoms with E-state index in [1.165, 1.54) is 4.31 Å². The van der Waals surface area contributed by atoms with Crippen molar-refractivity contribution in [2.45, 2.75) is 19.4 Å². The van der Waals surface area contributed by atoms with Crippen molar-refractivity contribution in [1.82, 2.24) is 4.31 Å². The Morgan fingerprint density at radius 2 is 2.22 bits per heavy atom. The molecule has 54 valence electrons. The molecule has 1 atom stereocenters. The van der Waals surface area contributed by atoms with Crippen molar-refractivity contribution in [3.63, 3.8) is 0 Å². The highest BCUT2D eigenvalue weighted by molar-refractivity contribution is 8.11. The molecule has 0 aromatic rings. The van der Waals surface area contributed by atoms with Crippen LogP contribution in [0.2, 0.25) is 0 Å². The van der Waals surface area contributed by atoms with Crippen LogP contribution in [0.25, 0.3) is 0 Å². The molecule has 1 aliphatic rings. The fraction of sp³-hybridized carbons (Fsp3) is 1.00. The third-order valence-electron chi connectivity index (χ3n) is 1.54. The summed E-state index contributed by atoms with van der Waals surface area (Å²) in [6.07, 6.45) is 0.923. The van der Waals surface area contributed by atoms with E-state index in [0.29, 0.717) is 6.54 Å². The molecule has 0 saturated carbocycles. The van der Waals surface area contributed by atoms with Crippen molar-refractivity contribution in [2.75, 3.05) is 6.54 Å². The first-order valence-electron chi connectivity index (χ1n) is 2.73. The molecule has 1 aliphatic heterocycles. The van der Waals surface area contributed by atoms with Crippen molar-refractivity contribution < 1.29 is 8.42 Å². The number of hydrogen-bond acceptors (Lipinski definition) is 2. The van der Waals surface area contributed by atoms with E-state index in [9.17, 15) is 8.42 Å². The van der Waals surface area contributed by atoms with Gasteiger partial charge in [-0.3, -0.25) is 0 Å². The minimum absolute atomic E-state index is 0.104. The summed E-state index contributed by atoms with van der Waals surface area (Å²) in [6, 6.07) is 0.104. The zero-order valence-corrected chi connectivity index (χ0v) is 6.61. The summed E-state index contributed by atoms with van der Waals surface area (Å²) in [4.78, 5) is 0. The van der Waals surface area contributed by atoms with Crippen molar-refractivity contribution in [2.24, 2.45) is 0 Å². The summed E-state index contributed by atoms with van der Waals surface area (Å²) >= 11 is 0. The molecule has 1 fully saturated rings. The summed E-state index contributed by atoms with van der Waals surface area (Å²) < 4.78 is 22.3. The topological polar surface area (TPSA) is 37.4 Å². The lowest BCUT2D eigenvalue weighted by atomic mass is 10.1. The van der Waals surface area contributed by atoms with E-state index in [-0.39, 0.29) is 6.04 Å². The quantitative estimate of drug-likeness (QED) is 0.538. The van der Waals surface area contributed by atoms with Crippen LogP contribution in [0.1, 0.15) is 13.3 Å². The molecule has 1 heterocycles. The second-order valence-corrected chi connectivity index (χ2v) is 4.65. The van der Waals surface area contributed by atoms with Crippen LogP contribution in [0.15, 0.2) is 0 Å². The van der Waals surface area contributed by atoms with Crippen molar-refractivity contribution in [1.29, 1.82) is 0 Å². The van der Waals surface area contributed by atoms with Gasteiger partial charge < -0.3 is 0 Å². The molecule has 0 spiro atoms. The second kappa shape index (κ2) is 2.11. The zero-order valence-electron chi connectivity index (χ0n) is 5.04. The van der Waals surface area contributed by atoms with Crippen molar-refractivity contribution in [3.05, 3.63) is 0 Å². The summed E-state index contributed by atoms with van der Waals surface area (Å²) in [5.41, 5.74) is 0. The van der Waals surface area contributed by atoms with Gasteiger partial charge in [-0.1, -0.05) is 0 Å². The highest BCUT2D eigenvalue weighted by Crippen LogP contribution is 2.22. The van der Waals surface area contributed by atoms with Gasteiger partial charge >= 0.3 is 0 Å². The highest BCUT2D eigenvalue weighted by Gasteiger charge is 2.32. The van der Waals surface area contributed by atoms with Crippen LogP contribution in [0.5, 0.6) is 0 Å². The lowest BCUT2D eigenvalue weighted by Crippen LogP contribution is -2.47. The van der Waals surface area contributed by atoms with Gasteiger partial charge in [0.25, 0.3) is 9.24 Å². The summed E-state index contributed by atoms with van der Waals surface area (Å²) in [5, 5.41) is 0. The van der Waals surface area contributed by atoms with Crippen molar-refractivity contribution in [3.8, 4) is 0 Å². The molecular formula is C4H8ClNO2S. The smallest absolute Gasteiger partial charge is 0.195 e. The molecule has 5 heteroatoms. The third kappa shape index (κ3) is 1.36. The minimum atomic E-state index is -3.41. The Morgan fingerprint density at radius 1 is 1.67 bits per heavy atom.